The number of anilines is 1. The zero-order valence-electron chi connectivity index (χ0n) is 16.3. The fraction of sp³-hybridized carbons (Fsp3) is 0.0833. The first kappa shape index (κ1) is 21.6. The van der Waals surface area contributed by atoms with Gasteiger partial charge in [0, 0.05) is 16.3 Å². The van der Waals surface area contributed by atoms with E-state index in [1.54, 1.807) is 30.3 Å². The molecule has 1 saturated heterocycles. The molecule has 4 rings (SSSR count). The number of hydrogen-bond donors (Lipinski definition) is 1. The molecular weight excluding hydrogens is 443 g/mol. The van der Waals surface area contributed by atoms with Gasteiger partial charge in [-0.2, -0.15) is 13.2 Å². The molecule has 32 heavy (non-hydrogen) atoms. The second kappa shape index (κ2) is 8.16. The zero-order chi connectivity index (χ0) is 23.0. The SMILES string of the molecule is O=C1C(=O)N(c2cccc(C(F)(F)F)c2)[C@H](c2ccccc2)C1=C(O)c1ccc(Cl)cc1. The van der Waals surface area contributed by atoms with E-state index < -0.39 is 35.2 Å². The summed E-state index contributed by atoms with van der Waals surface area (Å²) in [6.45, 7) is 0. The number of carbonyl (C=O) groups excluding carboxylic acids is 2. The van der Waals surface area contributed by atoms with Crippen LogP contribution in [0.15, 0.2) is 84.4 Å². The second-order valence-corrected chi connectivity index (χ2v) is 7.57. The van der Waals surface area contributed by atoms with E-state index in [9.17, 15) is 27.9 Å². The number of benzene rings is 3. The number of carbonyl (C=O) groups is 2. The normalized spacial score (nSPS) is 18.2. The van der Waals surface area contributed by atoms with Gasteiger partial charge in [0.05, 0.1) is 17.2 Å². The highest BCUT2D eigenvalue weighted by molar-refractivity contribution is 6.51. The molecule has 8 heteroatoms. The van der Waals surface area contributed by atoms with E-state index in [4.69, 9.17) is 11.6 Å². The fourth-order valence-electron chi connectivity index (χ4n) is 3.64. The number of amides is 1. The Labute approximate surface area is 186 Å². The quantitative estimate of drug-likeness (QED) is 0.299. The zero-order valence-corrected chi connectivity index (χ0v) is 17.1. The summed E-state index contributed by atoms with van der Waals surface area (Å²) in [7, 11) is 0. The third kappa shape index (κ3) is 3.87. The molecule has 3 aromatic carbocycles. The highest BCUT2D eigenvalue weighted by Gasteiger charge is 2.47. The number of Topliss-reactive ketones (excluding diaryl/α,β-unsaturated/α-hetero) is 1. The maximum Gasteiger partial charge on any atom is 0.416 e. The standard InChI is InChI=1S/C24H15ClF3NO3/c25-17-11-9-15(10-12-17)21(30)19-20(14-5-2-1-3-6-14)29(23(32)22(19)31)18-8-4-7-16(13-18)24(26,27)28/h1-13,20,30H/t20-/m1/s1. The van der Waals surface area contributed by atoms with Crippen molar-refractivity contribution in [2.75, 3.05) is 4.90 Å². The van der Waals surface area contributed by atoms with Crippen LogP contribution in [-0.2, 0) is 15.8 Å². The Morgan fingerprint density at radius 2 is 1.56 bits per heavy atom. The number of aliphatic hydroxyl groups is 1. The van der Waals surface area contributed by atoms with Crippen LogP contribution in [0.5, 0.6) is 0 Å². The topological polar surface area (TPSA) is 57.6 Å². The molecule has 1 aliphatic heterocycles. The summed E-state index contributed by atoms with van der Waals surface area (Å²) in [4.78, 5) is 26.9. The minimum atomic E-state index is -4.63. The van der Waals surface area contributed by atoms with Crippen molar-refractivity contribution in [3.63, 3.8) is 0 Å². The lowest BCUT2D eigenvalue weighted by Gasteiger charge is -2.26. The first-order valence-electron chi connectivity index (χ1n) is 9.47. The maximum atomic E-state index is 13.3. The Bertz CT molecular complexity index is 1220. The lowest BCUT2D eigenvalue weighted by molar-refractivity contribution is -0.137. The highest BCUT2D eigenvalue weighted by atomic mass is 35.5. The van der Waals surface area contributed by atoms with E-state index in [0.717, 1.165) is 17.0 Å². The Morgan fingerprint density at radius 1 is 0.906 bits per heavy atom. The molecular formula is C24H15ClF3NO3. The minimum Gasteiger partial charge on any atom is -0.507 e. The summed E-state index contributed by atoms with van der Waals surface area (Å²) < 4.78 is 39.8. The van der Waals surface area contributed by atoms with Crippen molar-refractivity contribution in [1.29, 1.82) is 0 Å². The Balaban J connectivity index is 1.93. The van der Waals surface area contributed by atoms with E-state index in [1.807, 2.05) is 0 Å². The molecule has 0 bridgehead atoms. The van der Waals surface area contributed by atoms with Crippen molar-refractivity contribution in [2.24, 2.45) is 0 Å². The summed E-state index contributed by atoms with van der Waals surface area (Å²) in [5, 5.41) is 11.3. The smallest absolute Gasteiger partial charge is 0.416 e. The molecule has 1 fully saturated rings. The van der Waals surface area contributed by atoms with Gasteiger partial charge in [0.1, 0.15) is 5.76 Å². The Hall–Kier alpha value is -3.58. The van der Waals surface area contributed by atoms with Crippen molar-refractivity contribution in [3.8, 4) is 0 Å². The second-order valence-electron chi connectivity index (χ2n) is 7.13. The van der Waals surface area contributed by atoms with Crippen LogP contribution in [0.1, 0.15) is 22.7 Å². The van der Waals surface area contributed by atoms with Crippen LogP contribution in [0.25, 0.3) is 5.76 Å². The largest absolute Gasteiger partial charge is 0.507 e. The van der Waals surface area contributed by atoms with Gasteiger partial charge in [-0.25, -0.2) is 0 Å². The lowest BCUT2D eigenvalue weighted by Crippen LogP contribution is -2.29. The van der Waals surface area contributed by atoms with E-state index in [0.29, 0.717) is 10.6 Å². The predicted octanol–water partition coefficient (Wildman–Crippen LogP) is 5.99. The summed E-state index contributed by atoms with van der Waals surface area (Å²) in [5.41, 5.74) is -0.578. The number of aliphatic hydroxyl groups excluding tert-OH is 1. The van der Waals surface area contributed by atoms with Gasteiger partial charge in [0.2, 0.25) is 0 Å². The average molecular weight is 458 g/mol. The molecule has 162 valence electrons. The van der Waals surface area contributed by atoms with Crippen molar-refractivity contribution in [2.45, 2.75) is 12.2 Å². The number of halogens is 4. The molecule has 4 nitrogen and oxygen atoms in total. The van der Waals surface area contributed by atoms with Crippen LogP contribution in [0.3, 0.4) is 0 Å². The van der Waals surface area contributed by atoms with Crippen molar-refractivity contribution in [1.82, 2.24) is 0 Å². The monoisotopic (exact) mass is 457 g/mol. The van der Waals surface area contributed by atoms with Crippen molar-refractivity contribution in [3.05, 3.63) is 106 Å². The molecule has 0 saturated carbocycles. The van der Waals surface area contributed by atoms with Crippen LogP contribution in [-0.4, -0.2) is 16.8 Å². The molecule has 1 amide bonds. The van der Waals surface area contributed by atoms with E-state index in [2.05, 4.69) is 0 Å². The molecule has 1 N–H and O–H groups in total. The first-order chi connectivity index (χ1) is 15.2. The van der Waals surface area contributed by atoms with Gasteiger partial charge in [0.15, 0.2) is 0 Å². The van der Waals surface area contributed by atoms with Crippen molar-refractivity contribution < 1.29 is 27.9 Å². The van der Waals surface area contributed by atoms with E-state index >= 15 is 0 Å². The molecule has 1 aliphatic rings. The molecule has 3 aromatic rings. The molecule has 1 heterocycles. The van der Waals surface area contributed by atoms with Crippen LogP contribution in [0.4, 0.5) is 18.9 Å². The lowest BCUT2D eigenvalue weighted by atomic mass is 9.95. The molecule has 0 spiro atoms. The molecule has 0 aliphatic carbocycles. The molecule has 0 radical (unpaired) electrons. The van der Waals surface area contributed by atoms with Crippen LogP contribution < -0.4 is 4.90 Å². The predicted molar refractivity (Wildman–Crippen MR) is 114 cm³/mol. The molecule has 0 aromatic heterocycles. The minimum absolute atomic E-state index is 0.106. The number of alkyl halides is 3. The number of rotatable bonds is 3. The van der Waals surface area contributed by atoms with Gasteiger partial charge in [0.25, 0.3) is 11.7 Å². The maximum absolute atomic E-state index is 13.3. The highest BCUT2D eigenvalue weighted by Crippen LogP contribution is 2.43. The van der Waals surface area contributed by atoms with E-state index in [1.165, 1.54) is 36.4 Å². The average Bonchev–Trinajstić information content (AvgIpc) is 3.04. The van der Waals surface area contributed by atoms with Crippen LogP contribution in [0.2, 0.25) is 5.02 Å². The van der Waals surface area contributed by atoms with Gasteiger partial charge in [-0.1, -0.05) is 48.0 Å². The number of nitrogens with zero attached hydrogens (tertiary/aromatic N) is 1. The third-order valence-corrected chi connectivity index (χ3v) is 5.38. The van der Waals surface area contributed by atoms with E-state index in [-0.39, 0.29) is 16.8 Å². The van der Waals surface area contributed by atoms with Gasteiger partial charge in [-0.3, -0.25) is 14.5 Å². The summed E-state index contributed by atoms with van der Waals surface area (Å²) in [5.74, 6) is -2.47. The van der Waals surface area contributed by atoms with Gasteiger partial charge in [-0.15, -0.1) is 0 Å². The Morgan fingerprint density at radius 3 is 2.19 bits per heavy atom. The first-order valence-corrected chi connectivity index (χ1v) is 9.85. The Kier molecular flexibility index (Phi) is 5.52. The van der Waals surface area contributed by atoms with Gasteiger partial charge >= 0.3 is 6.18 Å². The van der Waals surface area contributed by atoms with Gasteiger partial charge in [-0.05, 0) is 48.0 Å². The molecule has 1 atom stereocenters. The summed E-state index contributed by atoms with van der Waals surface area (Å²) in [6.07, 6.45) is -4.63. The number of hydrogen-bond acceptors (Lipinski definition) is 3. The van der Waals surface area contributed by atoms with Crippen LogP contribution >= 0.6 is 11.6 Å². The third-order valence-electron chi connectivity index (χ3n) is 5.13. The van der Waals surface area contributed by atoms with Crippen LogP contribution in [0, 0.1) is 0 Å². The van der Waals surface area contributed by atoms with Gasteiger partial charge < -0.3 is 5.11 Å². The summed E-state index contributed by atoms with van der Waals surface area (Å²) in [6, 6.07) is 17.4. The summed E-state index contributed by atoms with van der Waals surface area (Å²) >= 11 is 5.89. The van der Waals surface area contributed by atoms with Crippen molar-refractivity contribution >= 4 is 34.7 Å². The fourth-order valence-corrected chi connectivity index (χ4v) is 3.77. The molecule has 0 unspecified atom stereocenters. The number of ketones is 1.